The van der Waals surface area contributed by atoms with E-state index < -0.39 is 9.84 Å². The highest BCUT2D eigenvalue weighted by Crippen LogP contribution is 2.35. The van der Waals surface area contributed by atoms with Crippen LogP contribution < -0.4 is 4.90 Å². The summed E-state index contributed by atoms with van der Waals surface area (Å²) < 4.78 is 23.6. The number of halogens is 1. The molecule has 0 radical (unpaired) electrons. The van der Waals surface area contributed by atoms with E-state index >= 15 is 0 Å². The highest BCUT2D eigenvalue weighted by atomic mass is 35.5. The highest BCUT2D eigenvalue weighted by molar-refractivity contribution is 7.90. The molecule has 7 heteroatoms. The summed E-state index contributed by atoms with van der Waals surface area (Å²) in [6.45, 7) is 8.14. The average molecular weight is 346 g/mol. The van der Waals surface area contributed by atoms with Gasteiger partial charge in [0.1, 0.15) is 11.0 Å². The topological polar surface area (TPSA) is 63.2 Å². The summed E-state index contributed by atoms with van der Waals surface area (Å²) in [6, 6.07) is 0. The van der Waals surface area contributed by atoms with Crippen LogP contribution in [0.4, 0.5) is 5.82 Å². The van der Waals surface area contributed by atoms with Crippen LogP contribution in [0.3, 0.4) is 0 Å². The average Bonchev–Trinajstić information content (AvgIpc) is 2.45. The fourth-order valence-electron chi connectivity index (χ4n) is 2.67. The van der Waals surface area contributed by atoms with Gasteiger partial charge < -0.3 is 4.90 Å². The van der Waals surface area contributed by atoms with Gasteiger partial charge in [0.2, 0.25) is 15.0 Å². The zero-order chi connectivity index (χ0) is 16.5. The third-order valence-electron chi connectivity index (χ3n) is 4.38. The number of anilines is 1. The van der Waals surface area contributed by atoms with E-state index in [2.05, 4.69) is 35.6 Å². The zero-order valence-electron chi connectivity index (χ0n) is 13.6. The lowest BCUT2D eigenvalue weighted by atomic mass is 9.96. The minimum absolute atomic E-state index is 0.182. The molecule has 0 spiro atoms. The second-order valence-corrected chi connectivity index (χ2v) is 8.55. The van der Waals surface area contributed by atoms with Crippen molar-refractivity contribution in [3.63, 3.8) is 0 Å². The molecule has 0 N–H and O–H groups in total. The van der Waals surface area contributed by atoms with Gasteiger partial charge in [0.25, 0.3) is 0 Å². The minimum atomic E-state index is -3.48. The SMILES string of the molecule is CCC(C)c1c(Cl)nc(S(C)(=O)=O)nc1N1CCC(C)CC1. The zero-order valence-corrected chi connectivity index (χ0v) is 15.2. The van der Waals surface area contributed by atoms with Gasteiger partial charge in [-0.2, -0.15) is 0 Å². The Bertz CT molecular complexity index is 640. The first-order chi connectivity index (χ1) is 10.2. The molecule has 1 atom stereocenters. The van der Waals surface area contributed by atoms with Gasteiger partial charge in [-0.3, -0.25) is 0 Å². The lowest BCUT2D eigenvalue weighted by molar-refractivity contribution is 0.434. The molecule has 2 rings (SSSR count). The molecular formula is C15H24ClN3O2S. The van der Waals surface area contributed by atoms with Gasteiger partial charge in [-0.15, -0.1) is 0 Å². The minimum Gasteiger partial charge on any atom is -0.356 e. The summed E-state index contributed by atoms with van der Waals surface area (Å²) >= 11 is 6.32. The summed E-state index contributed by atoms with van der Waals surface area (Å²) in [7, 11) is -3.48. The Kier molecular flexibility index (Phi) is 5.33. The third-order valence-corrected chi connectivity index (χ3v) is 5.51. The number of piperidine rings is 1. The Labute approximate surface area is 138 Å². The molecule has 1 aliphatic heterocycles. The van der Waals surface area contributed by atoms with Gasteiger partial charge in [-0.25, -0.2) is 18.4 Å². The van der Waals surface area contributed by atoms with Crippen LogP contribution in [0.2, 0.25) is 5.15 Å². The first kappa shape index (κ1) is 17.5. The molecule has 0 aromatic carbocycles. The predicted octanol–water partition coefficient (Wildman–Crippen LogP) is 3.28. The molecule has 22 heavy (non-hydrogen) atoms. The molecule has 0 bridgehead atoms. The van der Waals surface area contributed by atoms with Gasteiger partial charge in [0.05, 0.1) is 0 Å². The standard InChI is InChI=1S/C15H24ClN3O2S/c1-5-11(3)12-13(16)17-15(22(4,20)21)18-14(12)19-8-6-10(2)7-9-19/h10-11H,5-9H2,1-4H3. The second kappa shape index (κ2) is 6.71. The molecule has 1 aromatic heterocycles. The Balaban J connectivity index is 2.54. The van der Waals surface area contributed by atoms with Gasteiger partial charge in [-0.05, 0) is 31.1 Å². The molecular weight excluding hydrogens is 322 g/mol. The van der Waals surface area contributed by atoms with E-state index in [4.69, 9.17) is 11.6 Å². The van der Waals surface area contributed by atoms with E-state index in [-0.39, 0.29) is 16.2 Å². The van der Waals surface area contributed by atoms with Crippen LogP contribution in [0.25, 0.3) is 0 Å². The van der Waals surface area contributed by atoms with Crippen molar-refractivity contribution in [2.45, 2.75) is 51.1 Å². The molecule has 0 aliphatic carbocycles. The number of aromatic nitrogens is 2. The summed E-state index contributed by atoms with van der Waals surface area (Å²) in [5, 5.41) is 0.0802. The van der Waals surface area contributed by atoms with Crippen LogP contribution in [0.5, 0.6) is 0 Å². The summed E-state index contributed by atoms with van der Waals surface area (Å²) in [6.07, 6.45) is 4.17. The van der Waals surface area contributed by atoms with Crippen molar-refractivity contribution >= 4 is 27.3 Å². The number of sulfone groups is 1. The van der Waals surface area contributed by atoms with Crippen LogP contribution >= 0.6 is 11.6 Å². The van der Waals surface area contributed by atoms with Crippen molar-refractivity contribution in [1.82, 2.24) is 9.97 Å². The Morgan fingerprint density at radius 1 is 1.32 bits per heavy atom. The maximum Gasteiger partial charge on any atom is 0.250 e. The fraction of sp³-hybridized carbons (Fsp3) is 0.733. The maximum absolute atomic E-state index is 11.8. The van der Waals surface area contributed by atoms with Crippen LogP contribution in [0.15, 0.2) is 5.16 Å². The monoisotopic (exact) mass is 345 g/mol. The van der Waals surface area contributed by atoms with Gasteiger partial charge in [0.15, 0.2) is 0 Å². The van der Waals surface area contributed by atoms with Crippen molar-refractivity contribution < 1.29 is 8.42 Å². The largest absolute Gasteiger partial charge is 0.356 e. The van der Waals surface area contributed by atoms with Crippen molar-refractivity contribution in [3.05, 3.63) is 10.7 Å². The Morgan fingerprint density at radius 2 is 1.91 bits per heavy atom. The summed E-state index contributed by atoms with van der Waals surface area (Å²) in [5.41, 5.74) is 0.867. The van der Waals surface area contributed by atoms with Crippen LogP contribution in [0.1, 0.15) is 51.5 Å². The van der Waals surface area contributed by atoms with E-state index in [0.29, 0.717) is 11.7 Å². The van der Waals surface area contributed by atoms with Crippen LogP contribution in [-0.4, -0.2) is 37.7 Å². The molecule has 1 fully saturated rings. The molecule has 1 aromatic rings. The molecule has 2 heterocycles. The van der Waals surface area contributed by atoms with Crippen molar-refractivity contribution in [2.75, 3.05) is 24.2 Å². The van der Waals surface area contributed by atoms with E-state index in [0.717, 1.165) is 44.2 Å². The Hall–Kier alpha value is -0.880. The van der Waals surface area contributed by atoms with Gasteiger partial charge in [-0.1, -0.05) is 32.4 Å². The van der Waals surface area contributed by atoms with Gasteiger partial charge in [0, 0.05) is 24.9 Å². The van der Waals surface area contributed by atoms with E-state index in [1.54, 1.807) is 0 Å². The normalized spacial score (nSPS) is 18.5. The van der Waals surface area contributed by atoms with Gasteiger partial charge >= 0.3 is 0 Å². The molecule has 1 saturated heterocycles. The molecule has 0 saturated carbocycles. The lowest BCUT2D eigenvalue weighted by Gasteiger charge is -2.33. The summed E-state index contributed by atoms with van der Waals surface area (Å²) in [5.74, 6) is 1.58. The van der Waals surface area contributed by atoms with E-state index in [9.17, 15) is 8.42 Å². The smallest absolute Gasteiger partial charge is 0.250 e. The predicted molar refractivity (Wildman–Crippen MR) is 89.5 cm³/mol. The first-order valence-electron chi connectivity index (χ1n) is 7.76. The quantitative estimate of drug-likeness (QED) is 0.619. The number of rotatable bonds is 4. The fourth-order valence-corrected chi connectivity index (χ4v) is 3.58. The molecule has 0 amide bonds. The van der Waals surface area contributed by atoms with Crippen molar-refractivity contribution in [3.8, 4) is 0 Å². The van der Waals surface area contributed by atoms with Crippen LogP contribution in [-0.2, 0) is 9.84 Å². The van der Waals surface area contributed by atoms with Crippen molar-refractivity contribution in [1.29, 1.82) is 0 Å². The summed E-state index contributed by atoms with van der Waals surface area (Å²) in [4.78, 5) is 10.5. The Morgan fingerprint density at radius 3 is 2.41 bits per heavy atom. The first-order valence-corrected chi connectivity index (χ1v) is 10.0. The van der Waals surface area contributed by atoms with E-state index in [1.165, 1.54) is 0 Å². The van der Waals surface area contributed by atoms with E-state index in [1.807, 2.05) is 0 Å². The second-order valence-electron chi connectivity index (χ2n) is 6.29. The molecule has 5 nitrogen and oxygen atoms in total. The highest BCUT2D eigenvalue weighted by Gasteiger charge is 2.27. The molecule has 1 aliphatic rings. The third kappa shape index (κ3) is 3.71. The molecule has 1 unspecified atom stereocenters. The van der Waals surface area contributed by atoms with Crippen LogP contribution in [0, 0.1) is 5.92 Å². The lowest BCUT2D eigenvalue weighted by Crippen LogP contribution is -2.35. The number of nitrogens with zero attached hydrogens (tertiary/aromatic N) is 3. The molecule has 124 valence electrons. The van der Waals surface area contributed by atoms with Crippen molar-refractivity contribution in [2.24, 2.45) is 5.92 Å². The number of hydrogen-bond donors (Lipinski definition) is 0. The number of hydrogen-bond acceptors (Lipinski definition) is 5. The maximum atomic E-state index is 11.8.